The molecule has 6 nitrogen and oxygen atoms in total. The summed E-state index contributed by atoms with van der Waals surface area (Å²) in [4.78, 5) is 0. The average Bonchev–Trinajstić information content (AvgIpc) is 3.04. The molecule has 2 aromatic heterocycles. The first-order valence-corrected chi connectivity index (χ1v) is 8.63. The van der Waals surface area contributed by atoms with Crippen molar-refractivity contribution in [2.45, 2.75) is 25.6 Å². The van der Waals surface area contributed by atoms with Gasteiger partial charge in [0.15, 0.2) is 11.5 Å². The molecule has 0 N–H and O–H groups in total. The number of hydrogen-bond acceptors (Lipinski definition) is 5. The summed E-state index contributed by atoms with van der Waals surface area (Å²) in [5, 5.41) is 12.9. The molecule has 0 amide bonds. The van der Waals surface area contributed by atoms with Crippen LogP contribution in [-0.4, -0.2) is 39.4 Å². The summed E-state index contributed by atoms with van der Waals surface area (Å²) < 4.78 is 47.9. The zero-order valence-corrected chi connectivity index (χ0v) is 14.3. The van der Waals surface area contributed by atoms with Crippen LogP contribution < -0.4 is 4.74 Å². The van der Waals surface area contributed by atoms with Crippen LogP contribution in [0.2, 0.25) is 0 Å². The molecule has 1 unspecified atom stereocenters. The molecule has 1 saturated heterocycles. The van der Waals surface area contributed by atoms with E-state index in [9.17, 15) is 13.2 Å². The lowest BCUT2D eigenvalue weighted by Gasteiger charge is -2.20. The zero-order chi connectivity index (χ0) is 18.9. The first-order valence-electron chi connectivity index (χ1n) is 8.63. The van der Waals surface area contributed by atoms with E-state index >= 15 is 0 Å². The van der Waals surface area contributed by atoms with E-state index in [-0.39, 0.29) is 5.75 Å². The van der Waals surface area contributed by atoms with Crippen LogP contribution in [0.25, 0.3) is 16.9 Å². The lowest BCUT2D eigenvalue weighted by molar-refractivity contribution is -0.274. The second-order valence-electron chi connectivity index (χ2n) is 6.46. The summed E-state index contributed by atoms with van der Waals surface area (Å²) in [5.74, 6) is 0.865. The largest absolute Gasteiger partial charge is 0.573 e. The van der Waals surface area contributed by atoms with Crippen LogP contribution >= 0.6 is 0 Å². The van der Waals surface area contributed by atoms with Crippen molar-refractivity contribution < 1.29 is 22.6 Å². The van der Waals surface area contributed by atoms with Gasteiger partial charge in [-0.1, -0.05) is 0 Å². The molecule has 4 rings (SSSR count). The Morgan fingerprint density at radius 3 is 2.63 bits per heavy atom. The van der Waals surface area contributed by atoms with Gasteiger partial charge in [0.2, 0.25) is 0 Å². The topological polar surface area (TPSA) is 61.5 Å². The molecule has 0 bridgehead atoms. The smallest absolute Gasteiger partial charge is 0.406 e. The highest BCUT2D eigenvalue weighted by molar-refractivity contribution is 5.61. The van der Waals surface area contributed by atoms with Gasteiger partial charge in [0.1, 0.15) is 5.75 Å². The fourth-order valence-electron chi connectivity index (χ4n) is 3.17. The van der Waals surface area contributed by atoms with E-state index in [0.717, 1.165) is 31.7 Å². The van der Waals surface area contributed by atoms with Crippen LogP contribution in [0.1, 0.15) is 18.7 Å². The van der Waals surface area contributed by atoms with Gasteiger partial charge in [-0.15, -0.1) is 23.4 Å². The first kappa shape index (κ1) is 17.7. The molecule has 3 heterocycles. The quantitative estimate of drug-likeness (QED) is 0.693. The lowest BCUT2D eigenvalue weighted by atomic mass is 9.98. The van der Waals surface area contributed by atoms with Crippen LogP contribution in [0, 0.1) is 5.92 Å². The van der Waals surface area contributed by atoms with Gasteiger partial charge in [-0.05, 0) is 55.2 Å². The molecule has 9 heteroatoms. The van der Waals surface area contributed by atoms with Gasteiger partial charge < -0.3 is 9.47 Å². The van der Waals surface area contributed by atoms with Gasteiger partial charge in [0.05, 0.1) is 5.69 Å². The number of aromatic nitrogens is 4. The summed E-state index contributed by atoms with van der Waals surface area (Å²) in [6.07, 6.45) is -1.88. The van der Waals surface area contributed by atoms with Gasteiger partial charge in [0, 0.05) is 25.2 Å². The summed E-state index contributed by atoms with van der Waals surface area (Å²) in [6.45, 7) is 1.50. The molecule has 0 radical (unpaired) electrons. The third kappa shape index (κ3) is 4.19. The predicted octanol–water partition coefficient (Wildman–Crippen LogP) is 3.66. The van der Waals surface area contributed by atoms with Gasteiger partial charge >= 0.3 is 6.36 Å². The zero-order valence-electron chi connectivity index (χ0n) is 14.3. The van der Waals surface area contributed by atoms with Crippen LogP contribution in [-0.2, 0) is 11.2 Å². The standard InChI is InChI=1S/C18H17F3N4O2/c19-18(20,21)27-14-5-3-13(4-6-14)15-7-8-16-22-23-17(25(16)24-15)10-12-2-1-9-26-11-12/h3-8,12H,1-2,9-11H2. The SMILES string of the molecule is FC(F)(F)Oc1ccc(-c2ccc3nnc(CC4CCCOC4)n3n2)cc1. The Hall–Kier alpha value is -2.68. The minimum absolute atomic E-state index is 0.269. The second kappa shape index (κ2) is 7.15. The Labute approximate surface area is 152 Å². The summed E-state index contributed by atoms with van der Waals surface area (Å²) in [6, 6.07) is 9.15. The predicted molar refractivity (Wildman–Crippen MR) is 90.1 cm³/mol. The molecule has 1 fully saturated rings. The van der Waals surface area contributed by atoms with Crippen molar-refractivity contribution in [2.24, 2.45) is 5.92 Å². The summed E-state index contributed by atoms with van der Waals surface area (Å²) >= 11 is 0. The second-order valence-corrected chi connectivity index (χ2v) is 6.46. The number of hydrogen-bond donors (Lipinski definition) is 0. The highest BCUT2D eigenvalue weighted by atomic mass is 19.4. The minimum atomic E-state index is -4.71. The van der Waals surface area contributed by atoms with Gasteiger partial charge in [-0.2, -0.15) is 9.61 Å². The molecular formula is C18H17F3N4O2. The van der Waals surface area contributed by atoms with Crippen molar-refractivity contribution in [3.63, 3.8) is 0 Å². The Bertz CT molecular complexity index is 918. The number of rotatable bonds is 4. The van der Waals surface area contributed by atoms with Crippen LogP contribution in [0.3, 0.4) is 0 Å². The van der Waals surface area contributed by atoms with E-state index in [1.807, 2.05) is 0 Å². The van der Waals surface area contributed by atoms with Crippen LogP contribution in [0.4, 0.5) is 13.2 Å². The number of fused-ring (bicyclic) bond motifs is 1. The number of alkyl halides is 3. The molecule has 3 aromatic rings. The molecular weight excluding hydrogens is 361 g/mol. The van der Waals surface area contributed by atoms with E-state index in [2.05, 4.69) is 20.0 Å². The molecule has 27 heavy (non-hydrogen) atoms. The van der Waals surface area contributed by atoms with Crippen molar-refractivity contribution in [3.05, 3.63) is 42.2 Å². The normalized spacial score (nSPS) is 18.0. The van der Waals surface area contributed by atoms with Gasteiger partial charge in [-0.3, -0.25) is 0 Å². The average molecular weight is 378 g/mol. The maximum atomic E-state index is 12.3. The van der Waals surface area contributed by atoms with Gasteiger partial charge in [-0.25, -0.2) is 0 Å². The van der Waals surface area contributed by atoms with E-state index in [4.69, 9.17) is 4.74 Å². The Morgan fingerprint density at radius 1 is 1.11 bits per heavy atom. The maximum Gasteiger partial charge on any atom is 0.573 e. The third-order valence-corrected chi connectivity index (χ3v) is 4.44. The lowest BCUT2D eigenvalue weighted by Crippen LogP contribution is -2.20. The van der Waals surface area contributed by atoms with Crippen molar-refractivity contribution in [3.8, 4) is 17.0 Å². The molecule has 0 saturated carbocycles. The van der Waals surface area contributed by atoms with E-state index in [1.165, 1.54) is 24.3 Å². The fraction of sp³-hybridized carbons (Fsp3) is 0.389. The molecule has 1 aliphatic rings. The van der Waals surface area contributed by atoms with Gasteiger partial charge in [0.25, 0.3) is 0 Å². The maximum absolute atomic E-state index is 12.3. The van der Waals surface area contributed by atoms with Crippen molar-refractivity contribution in [1.29, 1.82) is 0 Å². The Kier molecular flexibility index (Phi) is 4.69. The van der Waals surface area contributed by atoms with Crippen LogP contribution in [0.5, 0.6) is 5.75 Å². The molecule has 1 aromatic carbocycles. The third-order valence-electron chi connectivity index (χ3n) is 4.44. The fourth-order valence-corrected chi connectivity index (χ4v) is 3.17. The van der Waals surface area contributed by atoms with Crippen molar-refractivity contribution in [1.82, 2.24) is 19.8 Å². The number of ether oxygens (including phenoxy) is 2. The van der Waals surface area contributed by atoms with E-state index < -0.39 is 6.36 Å². The summed E-state index contributed by atoms with van der Waals surface area (Å²) in [7, 11) is 0. The van der Waals surface area contributed by atoms with Crippen molar-refractivity contribution >= 4 is 5.65 Å². The number of halogens is 3. The monoisotopic (exact) mass is 378 g/mol. The molecule has 1 atom stereocenters. The molecule has 142 valence electrons. The van der Waals surface area contributed by atoms with E-state index in [0.29, 0.717) is 29.4 Å². The molecule has 0 spiro atoms. The van der Waals surface area contributed by atoms with Crippen molar-refractivity contribution in [2.75, 3.05) is 13.2 Å². The first-order chi connectivity index (χ1) is 13.0. The number of benzene rings is 1. The molecule has 0 aliphatic carbocycles. The Balaban J connectivity index is 1.58. The highest BCUT2D eigenvalue weighted by Gasteiger charge is 2.31. The summed E-state index contributed by atoms with van der Waals surface area (Å²) in [5.41, 5.74) is 1.91. The molecule has 1 aliphatic heterocycles. The Morgan fingerprint density at radius 2 is 1.93 bits per heavy atom. The highest BCUT2D eigenvalue weighted by Crippen LogP contribution is 2.26. The minimum Gasteiger partial charge on any atom is -0.406 e. The van der Waals surface area contributed by atoms with Crippen LogP contribution in [0.15, 0.2) is 36.4 Å². The number of nitrogens with zero attached hydrogens (tertiary/aromatic N) is 4. The van der Waals surface area contributed by atoms with E-state index in [1.54, 1.807) is 16.6 Å².